The smallest absolute Gasteiger partial charge is 0.258 e. The average Bonchev–Trinajstić information content (AvgIpc) is 2.15. The molecule has 0 aliphatic heterocycles. The van der Waals surface area contributed by atoms with Gasteiger partial charge in [-0.3, -0.25) is 10.1 Å². The highest BCUT2D eigenvalue weighted by atomic mass is 35.5. The van der Waals surface area contributed by atoms with Gasteiger partial charge in [-0.05, 0) is 6.07 Å². The number of nitrogens with zero attached hydrogens (tertiary/aromatic N) is 2. The van der Waals surface area contributed by atoms with E-state index in [1.807, 2.05) is 0 Å². The van der Waals surface area contributed by atoms with Gasteiger partial charge in [0.1, 0.15) is 6.20 Å². The molecule has 0 bridgehead atoms. The van der Waals surface area contributed by atoms with Gasteiger partial charge in [-0.25, -0.2) is 4.98 Å². The van der Waals surface area contributed by atoms with E-state index in [1.165, 1.54) is 24.0 Å². The topological polar surface area (TPSA) is 56.0 Å². The summed E-state index contributed by atoms with van der Waals surface area (Å²) >= 11 is 6.95. The SMILES string of the molecule is O=[N+]([O-])c1ccc(SCCCl)nc1. The summed E-state index contributed by atoms with van der Waals surface area (Å²) in [6.07, 6.45) is 1.25. The fourth-order valence-corrected chi connectivity index (χ4v) is 1.52. The predicted molar refractivity (Wildman–Crippen MR) is 52.3 cm³/mol. The minimum absolute atomic E-state index is 0.00947. The van der Waals surface area contributed by atoms with Gasteiger partial charge in [0, 0.05) is 17.7 Å². The zero-order valence-corrected chi connectivity index (χ0v) is 8.22. The standard InChI is InChI=1S/C7H7ClN2O2S/c8-3-4-13-7-2-1-6(5-9-7)10(11)12/h1-2,5H,3-4H2. The van der Waals surface area contributed by atoms with Crippen LogP contribution in [-0.2, 0) is 0 Å². The van der Waals surface area contributed by atoms with E-state index in [-0.39, 0.29) is 5.69 Å². The average molecular weight is 219 g/mol. The molecule has 0 saturated carbocycles. The minimum atomic E-state index is -0.469. The van der Waals surface area contributed by atoms with Gasteiger partial charge >= 0.3 is 0 Å². The Kier molecular flexibility index (Phi) is 3.98. The molecule has 0 aliphatic carbocycles. The molecule has 0 amide bonds. The Bertz CT molecular complexity index is 291. The molecule has 70 valence electrons. The molecule has 13 heavy (non-hydrogen) atoms. The Morgan fingerprint density at radius 2 is 2.38 bits per heavy atom. The molecule has 0 unspecified atom stereocenters. The quantitative estimate of drug-likeness (QED) is 0.337. The molecule has 0 atom stereocenters. The first-order valence-electron chi connectivity index (χ1n) is 3.53. The molecular formula is C7H7ClN2O2S. The van der Waals surface area contributed by atoms with Crippen LogP contribution in [-0.4, -0.2) is 21.5 Å². The molecule has 1 aromatic rings. The highest BCUT2D eigenvalue weighted by Crippen LogP contribution is 2.17. The van der Waals surface area contributed by atoms with E-state index in [2.05, 4.69) is 4.98 Å². The maximum absolute atomic E-state index is 10.3. The van der Waals surface area contributed by atoms with Crippen LogP contribution < -0.4 is 0 Å². The first kappa shape index (κ1) is 10.3. The molecule has 0 aliphatic rings. The summed E-state index contributed by atoms with van der Waals surface area (Å²) in [5.41, 5.74) is 0.00947. The third kappa shape index (κ3) is 3.20. The lowest BCUT2D eigenvalue weighted by molar-refractivity contribution is -0.385. The first-order chi connectivity index (χ1) is 6.24. The van der Waals surface area contributed by atoms with Crippen LogP contribution in [0.3, 0.4) is 0 Å². The summed E-state index contributed by atoms with van der Waals surface area (Å²) in [5.74, 6) is 1.30. The van der Waals surface area contributed by atoms with Crippen LogP contribution >= 0.6 is 23.4 Å². The number of alkyl halides is 1. The second-order valence-corrected chi connectivity index (χ2v) is 3.64. The van der Waals surface area contributed by atoms with Gasteiger partial charge in [0.05, 0.1) is 9.95 Å². The number of rotatable bonds is 4. The van der Waals surface area contributed by atoms with E-state index in [4.69, 9.17) is 11.6 Å². The molecule has 0 fully saturated rings. The third-order valence-electron chi connectivity index (χ3n) is 1.26. The van der Waals surface area contributed by atoms with E-state index in [9.17, 15) is 10.1 Å². The fraction of sp³-hybridized carbons (Fsp3) is 0.286. The van der Waals surface area contributed by atoms with E-state index < -0.39 is 4.92 Å². The summed E-state index contributed by atoms with van der Waals surface area (Å²) in [7, 11) is 0. The maximum atomic E-state index is 10.3. The fourth-order valence-electron chi connectivity index (χ4n) is 0.709. The van der Waals surface area contributed by atoms with Crippen molar-refractivity contribution < 1.29 is 4.92 Å². The molecule has 0 aromatic carbocycles. The lowest BCUT2D eigenvalue weighted by Crippen LogP contribution is -1.89. The zero-order valence-electron chi connectivity index (χ0n) is 6.64. The molecule has 0 N–H and O–H groups in total. The Hall–Kier alpha value is -0.810. The van der Waals surface area contributed by atoms with E-state index in [1.54, 1.807) is 6.07 Å². The van der Waals surface area contributed by atoms with E-state index >= 15 is 0 Å². The monoisotopic (exact) mass is 218 g/mol. The molecule has 0 spiro atoms. The van der Waals surface area contributed by atoms with Crippen molar-refractivity contribution in [2.24, 2.45) is 0 Å². The summed E-state index contributed by atoms with van der Waals surface area (Å²) < 4.78 is 0. The van der Waals surface area contributed by atoms with Crippen LogP contribution in [0.4, 0.5) is 5.69 Å². The second kappa shape index (κ2) is 5.04. The molecule has 1 heterocycles. The Labute approximate surface area is 84.5 Å². The van der Waals surface area contributed by atoms with Gasteiger partial charge in [-0.15, -0.1) is 23.4 Å². The number of aromatic nitrogens is 1. The zero-order chi connectivity index (χ0) is 9.68. The maximum Gasteiger partial charge on any atom is 0.287 e. The normalized spacial score (nSPS) is 9.92. The van der Waals surface area contributed by atoms with Crippen molar-refractivity contribution in [2.75, 3.05) is 11.6 Å². The Balaban J connectivity index is 2.64. The summed E-state index contributed by atoms with van der Waals surface area (Å²) in [6, 6.07) is 3.05. The van der Waals surface area contributed by atoms with E-state index in [0.717, 1.165) is 10.8 Å². The van der Waals surface area contributed by atoms with Crippen LogP contribution in [0, 0.1) is 10.1 Å². The number of halogens is 1. The van der Waals surface area contributed by atoms with Crippen molar-refractivity contribution in [3.63, 3.8) is 0 Å². The molecule has 0 saturated heterocycles. The van der Waals surface area contributed by atoms with Gasteiger partial charge in [0.25, 0.3) is 5.69 Å². The highest BCUT2D eigenvalue weighted by Gasteiger charge is 2.04. The highest BCUT2D eigenvalue weighted by molar-refractivity contribution is 7.99. The van der Waals surface area contributed by atoms with Crippen LogP contribution in [0.5, 0.6) is 0 Å². The molecular weight excluding hydrogens is 212 g/mol. The minimum Gasteiger partial charge on any atom is -0.258 e. The lowest BCUT2D eigenvalue weighted by Gasteiger charge is -1.96. The number of pyridine rings is 1. The molecule has 1 aromatic heterocycles. The van der Waals surface area contributed by atoms with Gasteiger partial charge in [0.15, 0.2) is 0 Å². The molecule has 6 heteroatoms. The summed E-state index contributed by atoms with van der Waals surface area (Å²) in [4.78, 5) is 13.7. The Morgan fingerprint density at radius 3 is 2.85 bits per heavy atom. The van der Waals surface area contributed by atoms with Crippen LogP contribution in [0.2, 0.25) is 0 Å². The van der Waals surface area contributed by atoms with Crippen molar-refractivity contribution in [1.29, 1.82) is 0 Å². The Morgan fingerprint density at radius 1 is 1.62 bits per heavy atom. The van der Waals surface area contributed by atoms with Crippen molar-refractivity contribution >= 4 is 29.1 Å². The summed E-state index contributed by atoms with van der Waals surface area (Å²) in [5, 5.41) is 11.0. The van der Waals surface area contributed by atoms with Gasteiger partial charge in [-0.2, -0.15) is 0 Å². The van der Waals surface area contributed by atoms with Gasteiger partial charge < -0.3 is 0 Å². The molecule has 0 radical (unpaired) electrons. The molecule has 4 nitrogen and oxygen atoms in total. The van der Waals surface area contributed by atoms with Crippen molar-refractivity contribution in [3.05, 3.63) is 28.4 Å². The number of thioether (sulfide) groups is 1. The van der Waals surface area contributed by atoms with Crippen LogP contribution in [0.15, 0.2) is 23.4 Å². The largest absolute Gasteiger partial charge is 0.287 e. The van der Waals surface area contributed by atoms with Crippen molar-refractivity contribution in [3.8, 4) is 0 Å². The third-order valence-corrected chi connectivity index (χ3v) is 2.62. The van der Waals surface area contributed by atoms with E-state index in [0.29, 0.717) is 5.88 Å². The number of hydrogen-bond donors (Lipinski definition) is 0. The second-order valence-electron chi connectivity index (χ2n) is 2.15. The van der Waals surface area contributed by atoms with Gasteiger partial charge in [-0.1, -0.05) is 0 Å². The summed E-state index contributed by atoms with van der Waals surface area (Å²) in [6.45, 7) is 0. The van der Waals surface area contributed by atoms with Crippen LogP contribution in [0.1, 0.15) is 0 Å². The van der Waals surface area contributed by atoms with Crippen LogP contribution in [0.25, 0.3) is 0 Å². The van der Waals surface area contributed by atoms with Gasteiger partial charge in [0.2, 0.25) is 0 Å². The van der Waals surface area contributed by atoms with Crippen molar-refractivity contribution in [2.45, 2.75) is 5.03 Å². The number of nitro groups is 1. The first-order valence-corrected chi connectivity index (χ1v) is 5.05. The van der Waals surface area contributed by atoms with Crippen molar-refractivity contribution in [1.82, 2.24) is 4.98 Å². The predicted octanol–water partition coefficient (Wildman–Crippen LogP) is 2.32. The lowest BCUT2D eigenvalue weighted by atomic mass is 10.4. The number of hydrogen-bond acceptors (Lipinski definition) is 4. The molecule has 1 rings (SSSR count).